The largest absolute Gasteiger partial charge is 0.493 e. The average Bonchev–Trinajstić information content (AvgIpc) is 2.68. The van der Waals surface area contributed by atoms with Crippen LogP contribution in [0.25, 0.3) is 0 Å². The highest BCUT2D eigenvalue weighted by molar-refractivity contribution is 6.03. The maximum Gasteiger partial charge on any atom is 0.355 e. The molecule has 0 atom stereocenters. The van der Waals surface area contributed by atoms with Crippen molar-refractivity contribution in [3.8, 4) is 11.5 Å². The van der Waals surface area contributed by atoms with Crippen molar-refractivity contribution in [2.24, 2.45) is 0 Å². The van der Waals surface area contributed by atoms with Crippen molar-refractivity contribution in [3.05, 3.63) is 29.5 Å². The molecule has 0 aromatic heterocycles. The number of esters is 2. The Kier molecular flexibility index (Phi) is 5.82. The molecule has 1 saturated heterocycles. The summed E-state index contributed by atoms with van der Waals surface area (Å²) in [5.74, 6) is -0.278. The van der Waals surface area contributed by atoms with Crippen molar-refractivity contribution >= 4 is 17.6 Å². The summed E-state index contributed by atoms with van der Waals surface area (Å²) in [6, 6.07) is 5.17. The number of carbonyl (C=O) groups excluding carboxylic acids is 2. The van der Waals surface area contributed by atoms with Gasteiger partial charge in [-0.25, -0.2) is 9.59 Å². The highest BCUT2D eigenvalue weighted by Crippen LogP contribution is 2.35. The molecule has 1 aromatic rings. The first-order valence-electron chi connectivity index (χ1n) is 8.26. The normalized spacial score (nSPS) is 17.2. The van der Waals surface area contributed by atoms with Gasteiger partial charge in [-0.05, 0) is 12.1 Å². The van der Waals surface area contributed by atoms with Gasteiger partial charge in [0.05, 0.1) is 46.7 Å². The van der Waals surface area contributed by atoms with Gasteiger partial charge in [-0.2, -0.15) is 0 Å². The number of hydrogen-bond acceptors (Lipinski definition) is 9. The van der Waals surface area contributed by atoms with E-state index in [0.717, 1.165) is 0 Å². The summed E-state index contributed by atoms with van der Waals surface area (Å²) < 4.78 is 31.4. The number of nitrogens with zero attached hydrogens (tertiary/aromatic N) is 1. The van der Waals surface area contributed by atoms with E-state index in [-0.39, 0.29) is 30.7 Å². The van der Waals surface area contributed by atoms with Gasteiger partial charge >= 0.3 is 11.9 Å². The van der Waals surface area contributed by atoms with Gasteiger partial charge < -0.3 is 33.3 Å². The van der Waals surface area contributed by atoms with Gasteiger partial charge in [0.1, 0.15) is 18.5 Å². The fraction of sp³-hybridized carbons (Fsp3) is 0.444. The molecule has 2 aliphatic heterocycles. The highest BCUT2D eigenvalue weighted by Gasteiger charge is 2.33. The number of ether oxygens (including phenoxy) is 6. The second kappa shape index (κ2) is 8.28. The lowest BCUT2D eigenvalue weighted by atomic mass is 10.1. The maximum absolute atomic E-state index is 12.3. The minimum absolute atomic E-state index is 0.0143. The Hall–Kier alpha value is -2.78. The SMILES string of the molecule is COC(=O)C1=C(C(=O)OC)N(c2ccc(OC3COC3)c(OC)c2)COC1. The molecule has 0 saturated carbocycles. The molecule has 1 fully saturated rings. The van der Waals surface area contributed by atoms with Crippen LogP contribution < -0.4 is 14.4 Å². The molecule has 3 rings (SSSR count). The van der Waals surface area contributed by atoms with Crippen molar-refractivity contribution in [2.45, 2.75) is 6.10 Å². The quantitative estimate of drug-likeness (QED) is 0.667. The second-order valence-corrected chi connectivity index (χ2v) is 5.83. The third-order valence-corrected chi connectivity index (χ3v) is 4.19. The first-order chi connectivity index (χ1) is 13.1. The Balaban J connectivity index is 1.97. The number of anilines is 1. The van der Waals surface area contributed by atoms with Crippen molar-refractivity contribution < 1.29 is 38.0 Å². The van der Waals surface area contributed by atoms with Crippen LogP contribution in [0.1, 0.15) is 0 Å². The van der Waals surface area contributed by atoms with Crippen LogP contribution in [0.5, 0.6) is 11.5 Å². The zero-order valence-electron chi connectivity index (χ0n) is 15.4. The Morgan fingerprint density at radius 1 is 1.04 bits per heavy atom. The van der Waals surface area contributed by atoms with Crippen LogP contribution in [0, 0.1) is 0 Å². The van der Waals surface area contributed by atoms with Gasteiger partial charge in [0.25, 0.3) is 0 Å². The van der Waals surface area contributed by atoms with Gasteiger partial charge in [-0.3, -0.25) is 0 Å². The number of carbonyl (C=O) groups is 2. The Bertz CT molecular complexity index is 756. The molecule has 0 unspecified atom stereocenters. The topological polar surface area (TPSA) is 92.8 Å². The van der Waals surface area contributed by atoms with Gasteiger partial charge in [0, 0.05) is 11.8 Å². The zero-order valence-corrected chi connectivity index (χ0v) is 15.4. The van der Waals surface area contributed by atoms with E-state index in [9.17, 15) is 9.59 Å². The molecule has 146 valence electrons. The van der Waals surface area contributed by atoms with E-state index in [1.54, 1.807) is 18.2 Å². The molecule has 1 aromatic carbocycles. The standard InChI is InChI=1S/C18H21NO8/c1-22-15-6-11(4-5-14(15)27-12-7-25-8-12)19-10-26-9-13(17(20)23-2)16(19)18(21)24-3/h4-6,12H,7-10H2,1-3H3. The molecule has 9 nitrogen and oxygen atoms in total. The summed E-state index contributed by atoms with van der Waals surface area (Å²) in [4.78, 5) is 25.9. The van der Waals surface area contributed by atoms with Crippen LogP contribution in [0.4, 0.5) is 5.69 Å². The Morgan fingerprint density at radius 2 is 1.78 bits per heavy atom. The molecule has 0 aliphatic carbocycles. The molecule has 0 amide bonds. The first kappa shape index (κ1) is 19.0. The Labute approximate surface area is 156 Å². The van der Waals surface area contributed by atoms with Crippen molar-refractivity contribution in [1.29, 1.82) is 0 Å². The van der Waals surface area contributed by atoms with Gasteiger partial charge in [0.15, 0.2) is 11.5 Å². The van der Waals surface area contributed by atoms with Crippen LogP contribution >= 0.6 is 0 Å². The third-order valence-electron chi connectivity index (χ3n) is 4.19. The summed E-state index contributed by atoms with van der Waals surface area (Å²) in [5.41, 5.74) is 0.728. The van der Waals surface area contributed by atoms with Crippen LogP contribution in [-0.2, 0) is 28.5 Å². The van der Waals surface area contributed by atoms with Gasteiger partial charge in [0.2, 0.25) is 0 Å². The van der Waals surface area contributed by atoms with E-state index in [1.165, 1.54) is 26.2 Å². The van der Waals surface area contributed by atoms with E-state index < -0.39 is 11.9 Å². The maximum atomic E-state index is 12.3. The fourth-order valence-corrected chi connectivity index (χ4v) is 2.73. The lowest BCUT2D eigenvalue weighted by Crippen LogP contribution is -2.39. The lowest BCUT2D eigenvalue weighted by Gasteiger charge is -2.32. The van der Waals surface area contributed by atoms with Crippen LogP contribution in [0.3, 0.4) is 0 Å². The average molecular weight is 379 g/mol. The van der Waals surface area contributed by atoms with Crippen LogP contribution in [0.15, 0.2) is 29.5 Å². The molecule has 0 spiro atoms. The predicted octanol–water partition coefficient (Wildman–Crippen LogP) is 0.867. The van der Waals surface area contributed by atoms with E-state index in [0.29, 0.717) is 30.4 Å². The lowest BCUT2D eigenvalue weighted by molar-refractivity contribution is -0.140. The van der Waals surface area contributed by atoms with E-state index >= 15 is 0 Å². The highest BCUT2D eigenvalue weighted by atomic mass is 16.6. The molecule has 9 heteroatoms. The molecule has 0 N–H and O–H groups in total. The summed E-state index contributed by atoms with van der Waals surface area (Å²) >= 11 is 0. The van der Waals surface area contributed by atoms with Crippen LogP contribution in [-0.4, -0.2) is 65.9 Å². The minimum Gasteiger partial charge on any atom is -0.493 e. The molecule has 0 radical (unpaired) electrons. The molecule has 2 aliphatic rings. The Morgan fingerprint density at radius 3 is 2.37 bits per heavy atom. The molecular formula is C18H21NO8. The van der Waals surface area contributed by atoms with E-state index in [4.69, 9.17) is 28.4 Å². The van der Waals surface area contributed by atoms with Gasteiger partial charge in [-0.1, -0.05) is 0 Å². The number of hydrogen-bond donors (Lipinski definition) is 0. The summed E-state index contributed by atoms with van der Waals surface area (Å²) in [5, 5.41) is 0. The zero-order chi connectivity index (χ0) is 19.4. The van der Waals surface area contributed by atoms with Crippen molar-refractivity contribution in [2.75, 3.05) is 52.8 Å². The number of rotatable bonds is 6. The van der Waals surface area contributed by atoms with Crippen molar-refractivity contribution in [3.63, 3.8) is 0 Å². The van der Waals surface area contributed by atoms with E-state index in [2.05, 4.69) is 0 Å². The first-order valence-corrected chi connectivity index (χ1v) is 8.26. The number of benzene rings is 1. The molecule has 2 heterocycles. The third kappa shape index (κ3) is 3.83. The summed E-state index contributed by atoms with van der Waals surface area (Å²) in [6.45, 7) is 1.07. The smallest absolute Gasteiger partial charge is 0.355 e. The summed E-state index contributed by atoms with van der Waals surface area (Å²) in [7, 11) is 4.01. The summed E-state index contributed by atoms with van der Waals surface area (Å²) in [6.07, 6.45) is -0.0143. The predicted molar refractivity (Wildman–Crippen MR) is 92.6 cm³/mol. The number of methoxy groups -OCH3 is 3. The second-order valence-electron chi connectivity index (χ2n) is 5.83. The van der Waals surface area contributed by atoms with Gasteiger partial charge in [-0.15, -0.1) is 0 Å². The van der Waals surface area contributed by atoms with E-state index in [1.807, 2.05) is 0 Å². The fourth-order valence-electron chi connectivity index (χ4n) is 2.73. The molecular weight excluding hydrogens is 358 g/mol. The molecule has 0 bridgehead atoms. The van der Waals surface area contributed by atoms with Crippen molar-refractivity contribution in [1.82, 2.24) is 0 Å². The minimum atomic E-state index is -0.662. The monoisotopic (exact) mass is 379 g/mol. The molecule has 27 heavy (non-hydrogen) atoms. The van der Waals surface area contributed by atoms with Crippen LogP contribution in [0.2, 0.25) is 0 Å².